The van der Waals surface area contributed by atoms with Gasteiger partial charge in [-0.1, -0.05) is 30.7 Å². The fraction of sp³-hybridized carbons (Fsp3) is 0.385. The number of H-pyrrole nitrogens is 1. The zero-order valence-electron chi connectivity index (χ0n) is 19.2. The van der Waals surface area contributed by atoms with Crippen molar-refractivity contribution < 1.29 is 18.0 Å². The minimum absolute atomic E-state index is 0.118. The first-order chi connectivity index (χ1) is 16.3. The van der Waals surface area contributed by atoms with E-state index >= 15 is 0 Å². The van der Waals surface area contributed by atoms with Gasteiger partial charge in [-0.05, 0) is 68.6 Å². The molecule has 4 rings (SSSR count). The van der Waals surface area contributed by atoms with Crippen molar-refractivity contribution in [2.24, 2.45) is 0 Å². The minimum atomic E-state index is -4.41. The van der Waals surface area contributed by atoms with E-state index in [0.29, 0.717) is 35.1 Å². The van der Waals surface area contributed by atoms with Crippen LogP contribution < -0.4 is 5.32 Å². The summed E-state index contributed by atoms with van der Waals surface area (Å²) in [5, 5.41) is 10.0. The van der Waals surface area contributed by atoms with Gasteiger partial charge in [-0.15, -0.1) is 0 Å². The average molecular weight is 471 g/mol. The summed E-state index contributed by atoms with van der Waals surface area (Å²) in [4.78, 5) is 15.0. The van der Waals surface area contributed by atoms with Crippen LogP contribution in [-0.4, -0.2) is 46.7 Å². The SMILES string of the molecule is CC1CCCCN1CCCNC(=O)c1ccc(-c2cc(-c3cccc(C(F)(F)F)c3)n[nH]2)cc1. The lowest BCUT2D eigenvalue weighted by Gasteiger charge is -2.33. The van der Waals surface area contributed by atoms with Gasteiger partial charge in [0.1, 0.15) is 0 Å². The first-order valence-electron chi connectivity index (χ1n) is 11.7. The highest BCUT2D eigenvalue weighted by Gasteiger charge is 2.30. The van der Waals surface area contributed by atoms with Gasteiger partial charge in [0.05, 0.1) is 17.0 Å². The van der Waals surface area contributed by atoms with Gasteiger partial charge in [-0.3, -0.25) is 9.89 Å². The van der Waals surface area contributed by atoms with Gasteiger partial charge in [0, 0.05) is 30.3 Å². The zero-order valence-corrected chi connectivity index (χ0v) is 19.2. The number of amides is 1. The van der Waals surface area contributed by atoms with Crippen LogP contribution in [0, 0.1) is 0 Å². The standard InChI is InChI=1S/C26H29F3N4O/c1-18-6-2-3-14-33(18)15-5-13-30-25(34)20-11-9-19(10-12-20)23-17-24(32-31-23)21-7-4-8-22(16-21)26(27,28)29/h4,7-12,16-18H,2-3,5-6,13-15H2,1H3,(H,30,34)(H,31,32). The van der Waals surface area contributed by atoms with Crippen LogP contribution in [-0.2, 0) is 6.18 Å². The molecule has 1 fully saturated rings. The van der Waals surface area contributed by atoms with Crippen LogP contribution >= 0.6 is 0 Å². The molecule has 5 nitrogen and oxygen atoms in total. The Kier molecular flexibility index (Phi) is 7.36. The maximum atomic E-state index is 13.0. The number of nitrogens with one attached hydrogen (secondary N) is 2. The molecule has 180 valence electrons. The molecule has 2 N–H and O–H groups in total. The third-order valence-electron chi connectivity index (χ3n) is 6.37. The van der Waals surface area contributed by atoms with Crippen LogP contribution in [0.25, 0.3) is 22.5 Å². The van der Waals surface area contributed by atoms with Crippen molar-refractivity contribution in [2.75, 3.05) is 19.6 Å². The van der Waals surface area contributed by atoms with E-state index in [-0.39, 0.29) is 5.91 Å². The number of nitrogens with zero attached hydrogens (tertiary/aromatic N) is 2. The molecule has 8 heteroatoms. The molecule has 0 aliphatic carbocycles. The largest absolute Gasteiger partial charge is 0.416 e. The van der Waals surface area contributed by atoms with Gasteiger partial charge in [-0.25, -0.2) is 0 Å². The van der Waals surface area contributed by atoms with E-state index in [9.17, 15) is 18.0 Å². The van der Waals surface area contributed by atoms with Gasteiger partial charge in [0.25, 0.3) is 5.91 Å². The summed E-state index contributed by atoms with van der Waals surface area (Å²) in [6.07, 6.45) is 0.310. The Morgan fingerprint density at radius 3 is 2.65 bits per heavy atom. The zero-order chi connectivity index (χ0) is 24.1. The first-order valence-corrected chi connectivity index (χ1v) is 11.7. The molecule has 1 atom stereocenters. The molecule has 2 heterocycles. The molecule has 0 spiro atoms. The number of carbonyl (C=O) groups excluding carboxylic acids is 1. The van der Waals surface area contributed by atoms with E-state index in [1.54, 1.807) is 36.4 Å². The Morgan fingerprint density at radius 2 is 1.91 bits per heavy atom. The van der Waals surface area contributed by atoms with Crippen molar-refractivity contribution >= 4 is 5.91 Å². The number of carbonyl (C=O) groups is 1. The Balaban J connectivity index is 1.33. The number of likely N-dealkylation sites (tertiary alicyclic amines) is 1. The minimum Gasteiger partial charge on any atom is -0.352 e. The summed E-state index contributed by atoms with van der Waals surface area (Å²) >= 11 is 0. The maximum Gasteiger partial charge on any atom is 0.416 e. The van der Waals surface area contributed by atoms with Crippen molar-refractivity contribution in [3.8, 4) is 22.5 Å². The van der Waals surface area contributed by atoms with Crippen molar-refractivity contribution in [3.63, 3.8) is 0 Å². The van der Waals surface area contributed by atoms with Gasteiger partial charge in [0.2, 0.25) is 0 Å². The number of benzene rings is 2. The predicted octanol–water partition coefficient (Wildman–Crippen LogP) is 5.76. The van der Waals surface area contributed by atoms with Gasteiger partial charge >= 0.3 is 6.18 Å². The van der Waals surface area contributed by atoms with E-state index in [4.69, 9.17) is 0 Å². The number of hydrogen-bond donors (Lipinski definition) is 2. The molecule has 1 aromatic heterocycles. The highest BCUT2D eigenvalue weighted by molar-refractivity contribution is 5.94. The number of piperidine rings is 1. The van der Waals surface area contributed by atoms with Crippen LogP contribution in [0.1, 0.15) is 48.5 Å². The topological polar surface area (TPSA) is 61.0 Å². The molecular weight excluding hydrogens is 441 g/mol. The first kappa shape index (κ1) is 24.0. The summed E-state index contributed by atoms with van der Waals surface area (Å²) in [6.45, 7) is 5.03. The lowest BCUT2D eigenvalue weighted by Crippen LogP contribution is -2.39. The van der Waals surface area contributed by atoms with E-state index < -0.39 is 11.7 Å². The number of alkyl halides is 3. The second-order valence-corrected chi connectivity index (χ2v) is 8.81. The number of aromatic amines is 1. The van der Waals surface area contributed by atoms with E-state index in [1.807, 2.05) is 0 Å². The molecule has 1 unspecified atom stereocenters. The highest BCUT2D eigenvalue weighted by Crippen LogP contribution is 2.32. The van der Waals surface area contributed by atoms with Crippen molar-refractivity contribution in [3.05, 3.63) is 65.7 Å². The summed E-state index contributed by atoms with van der Waals surface area (Å²) in [7, 11) is 0. The molecule has 34 heavy (non-hydrogen) atoms. The number of aromatic nitrogens is 2. The van der Waals surface area contributed by atoms with E-state index in [2.05, 4.69) is 27.3 Å². The van der Waals surface area contributed by atoms with Crippen LogP contribution in [0.5, 0.6) is 0 Å². The Hall–Kier alpha value is -3.13. The normalized spacial score (nSPS) is 17.0. The summed E-state index contributed by atoms with van der Waals surface area (Å²) in [5.41, 5.74) is 2.11. The third-order valence-corrected chi connectivity index (χ3v) is 6.37. The number of hydrogen-bond acceptors (Lipinski definition) is 3. The van der Waals surface area contributed by atoms with Crippen LogP contribution in [0.15, 0.2) is 54.6 Å². The quantitative estimate of drug-likeness (QED) is 0.432. The molecule has 0 bridgehead atoms. The lowest BCUT2D eigenvalue weighted by molar-refractivity contribution is -0.137. The van der Waals surface area contributed by atoms with Gasteiger partial charge < -0.3 is 10.2 Å². The van der Waals surface area contributed by atoms with Gasteiger partial charge in [-0.2, -0.15) is 18.3 Å². The summed E-state index contributed by atoms with van der Waals surface area (Å²) in [6, 6.07) is 14.5. The molecular formula is C26H29F3N4O. The molecule has 3 aromatic rings. The Morgan fingerprint density at radius 1 is 1.12 bits per heavy atom. The van der Waals surface area contributed by atoms with Crippen LogP contribution in [0.3, 0.4) is 0 Å². The molecule has 1 saturated heterocycles. The number of halogens is 3. The molecule has 1 aliphatic heterocycles. The second-order valence-electron chi connectivity index (χ2n) is 8.81. The third kappa shape index (κ3) is 5.86. The van der Waals surface area contributed by atoms with Gasteiger partial charge in [0.15, 0.2) is 0 Å². The van der Waals surface area contributed by atoms with Crippen LogP contribution in [0.4, 0.5) is 13.2 Å². The Labute approximate surface area is 197 Å². The lowest BCUT2D eigenvalue weighted by atomic mass is 10.0. The monoisotopic (exact) mass is 470 g/mol. The second kappa shape index (κ2) is 10.4. The average Bonchev–Trinajstić information content (AvgIpc) is 3.33. The van der Waals surface area contributed by atoms with Crippen LogP contribution in [0.2, 0.25) is 0 Å². The molecule has 0 saturated carbocycles. The predicted molar refractivity (Wildman–Crippen MR) is 126 cm³/mol. The van der Waals surface area contributed by atoms with Crippen molar-refractivity contribution in [1.82, 2.24) is 20.4 Å². The van der Waals surface area contributed by atoms with Crippen molar-refractivity contribution in [1.29, 1.82) is 0 Å². The van der Waals surface area contributed by atoms with E-state index in [0.717, 1.165) is 37.2 Å². The molecule has 2 aromatic carbocycles. The van der Waals surface area contributed by atoms with E-state index in [1.165, 1.54) is 25.3 Å². The molecule has 0 radical (unpaired) electrons. The fourth-order valence-corrected chi connectivity index (χ4v) is 4.35. The summed E-state index contributed by atoms with van der Waals surface area (Å²) < 4.78 is 39.0. The van der Waals surface area contributed by atoms with Crippen molar-refractivity contribution in [2.45, 2.75) is 44.8 Å². The molecule has 1 aliphatic rings. The summed E-state index contributed by atoms with van der Waals surface area (Å²) in [5.74, 6) is -0.118. The Bertz CT molecular complexity index is 1110. The molecule has 1 amide bonds. The smallest absolute Gasteiger partial charge is 0.352 e. The maximum absolute atomic E-state index is 13.0. The number of rotatable bonds is 7. The highest BCUT2D eigenvalue weighted by atomic mass is 19.4. The fourth-order valence-electron chi connectivity index (χ4n) is 4.35.